The fourth-order valence-corrected chi connectivity index (χ4v) is 3.51. The van der Waals surface area contributed by atoms with Gasteiger partial charge in [-0.2, -0.15) is 0 Å². The van der Waals surface area contributed by atoms with E-state index >= 15 is 0 Å². The maximum atomic E-state index is 6.50. The fraction of sp³-hybridized carbons (Fsp3) is 0.600. The summed E-state index contributed by atoms with van der Waals surface area (Å²) in [6.07, 6.45) is 0. The zero-order valence-corrected chi connectivity index (χ0v) is 12.7. The van der Waals surface area contributed by atoms with E-state index in [9.17, 15) is 0 Å². The average Bonchev–Trinajstić information content (AvgIpc) is 2.20. The van der Waals surface area contributed by atoms with Crippen LogP contribution in [-0.2, 0) is 0 Å². The largest absolute Gasteiger partial charge is 0.360 e. The smallest absolute Gasteiger partial charge is 0.0645 e. The van der Waals surface area contributed by atoms with Gasteiger partial charge in [0.05, 0.1) is 10.7 Å². The van der Waals surface area contributed by atoms with Gasteiger partial charge >= 0.3 is 0 Å². The summed E-state index contributed by atoms with van der Waals surface area (Å²) in [5.41, 5.74) is 3.77. The summed E-state index contributed by atoms with van der Waals surface area (Å²) in [5.74, 6) is 0. The summed E-state index contributed by atoms with van der Waals surface area (Å²) in [6.45, 7) is 13.0. The van der Waals surface area contributed by atoms with Gasteiger partial charge in [-0.15, -0.1) is 0 Å². The Balaban J connectivity index is 2.52. The molecule has 1 atom stereocenters. The van der Waals surface area contributed by atoms with E-state index in [0.717, 1.165) is 18.1 Å². The van der Waals surface area contributed by atoms with Crippen molar-refractivity contribution < 1.29 is 0 Å². The number of aryl methyl sites for hydroxylation is 2. The van der Waals surface area contributed by atoms with E-state index in [-0.39, 0.29) is 5.54 Å². The number of hydrogen-bond donors (Lipinski definition) is 1. The van der Waals surface area contributed by atoms with Gasteiger partial charge in [-0.3, -0.25) is 0 Å². The van der Waals surface area contributed by atoms with Crippen LogP contribution in [-0.4, -0.2) is 24.7 Å². The molecule has 1 heterocycles. The van der Waals surface area contributed by atoms with Gasteiger partial charge in [0.2, 0.25) is 0 Å². The number of halogens is 1. The van der Waals surface area contributed by atoms with E-state index in [1.807, 2.05) is 0 Å². The molecular formula is C15H23ClN2. The number of benzene rings is 1. The van der Waals surface area contributed by atoms with Crippen molar-refractivity contribution in [1.82, 2.24) is 5.32 Å². The predicted octanol–water partition coefficient (Wildman–Crippen LogP) is 3.53. The second kappa shape index (κ2) is 4.75. The van der Waals surface area contributed by atoms with Crippen LogP contribution in [0.5, 0.6) is 0 Å². The Kier molecular flexibility index (Phi) is 3.61. The van der Waals surface area contributed by atoms with E-state index in [1.165, 1.54) is 16.8 Å². The zero-order valence-electron chi connectivity index (χ0n) is 12.0. The number of rotatable bonds is 1. The number of hydrogen-bond acceptors (Lipinski definition) is 2. The molecule has 0 spiro atoms. The molecule has 1 saturated heterocycles. The van der Waals surface area contributed by atoms with Gasteiger partial charge < -0.3 is 10.2 Å². The SMILES string of the molecule is Cc1cc(C)c(N2C(C)CNCC2(C)C)c(Cl)c1. The van der Waals surface area contributed by atoms with E-state index < -0.39 is 0 Å². The molecule has 1 aromatic carbocycles. The number of nitrogens with zero attached hydrogens (tertiary/aromatic N) is 1. The summed E-state index contributed by atoms with van der Waals surface area (Å²) in [6, 6.07) is 4.73. The van der Waals surface area contributed by atoms with Crippen molar-refractivity contribution in [3.63, 3.8) is 0 Å². The van der Waals surface area contributed by atoms with Gasteiger partial charge in [-0.25, -0.2) is 0 Å². The first-order valence-electron chi connectivity index (χ1n) is 6.60. The molecule has 100 valence electrons. The summed E-state index contributed by atoms with van der Waals surface area (Å²) in [7, 11) is 0. The molecule has 1 N–H and O–H groups in total. The number of anilines is 1. The van der Waals surface area contributed by atoms with Crippen molar-refractivity contribution >= 4 is 17.3 Å². The van der Waals surface area contributed by atoms with Gasteiger partial charge in [-0.05, 0) is 51.8 Å². The molecule has 1 aliphatic rings. The third-order valence-corrected chi connectivity index (χ3v) is 4.02. The van der Waals surface area contributed by atoms with Crippen molar-refractivity contribution in [3.8, 4) is 0 Å². The Morgan fingerprint density at radius 1 is 1.33 bits per heavy atom. The summed E-state index contributed by atoms with van der Waals surface area (Å²) in [5, 5.41) is 4.36. The normalized spacial score (nSPS) is 23.2. The van der Waals surface area contributed by atoms with E-state index in [2.05, 4.69) is 57.0 Å². The average molecular weight is 267 g/mol. The second-order valence-corrected chi connectivity index (χ2v) is 6.48. The van der Waals surface area contributed by atoms with Crippen LogP contribution in [0.15, 0.2) is 12.1 Å². The quantitative estimate of drug-likeness (QED) is 0.837. The monoisotopic (exact) mass is 266 g/mol. The lowest BCUT2D eigenvalue weighted by molar-refractivity contribution is 0.333. The van der Waals surface area contributed by atoms with Crippen LogP contribution in [0, 0.1) is 13.8 Å². The molecule has 2 nitrogen and oxygen atoms in total. The van der Waals surface area contributed by atoms with Crippen LogP contribution in [0.4, 0.5) is 5.69 Å². The summed E-state index contributed by atoms with van der Waals surface area (Å²) >= 11 is 6.50. The number of nitrogens with one attached hydrogen (secondary N) is 1. The molecule has 1 fully saturated rings. The molecule has 18 heavy (non-hydrogen) atoms. The van der Waals surface area contributed by atoms with Gasteiger partial charge in [0, 0.05) is 24.7 Å². The molecule has 2 rings (SSSR count). The van der Waals surface area contributed by atoms with Crippen LogP contribution in [0.1, 0.15) is 31.9 Å². The minimum absolute atomic E-state index is 0.0846. The van der Waals surface area contributed by atoms with Crippen molar-refractivity contribution in [3.05, 3.63) is 28.3 Å². The molecule has 0 aromatic heterocycles. The van der Waals surface area contributed by atoms with Crippen LogP contribution < -0.4 is 10.2 Å². The number of piperazine rings is 1. The highest BCUT2D eigenvalue weighted by atomic mass is 35.5. The molecule has 0 amide bonds. The molecule has 0 bridgehead atoms. The second-order valence-electron chi connectivity index (χ2n) is 6.07. The topological polar surface area (TPSA) is 15.3 Å². The minimum atomic E-state index is 0.0846. The maximum Gasteiger partial charge on any atom is 0.0645 e. The lowest BCUT2D eigenvalue weighted by Crippen LogP contribution is -2.62. The molecule has 1 aromatic rings. The van der Waals surface area contributed by atoms with Crippen molar-refractivity contribution in [1.29, 1.82) is 0 Å². The molecule has 0 saturated carbocycles. The Morgan fingerprint density at radius 3 is 2.56 bits per heavy atom. The Bertz CT molecular complexity index is 431. The molecule has 1 aliphatic heterocycles. The predicted molar refractivity (Wildman–Crippen MR) is 79.8 cm³/mol. The standard InChI is InChI=1S/C15H23ClN2/c1-10-6-11(2)14(13(16)7-10)18-12(3)8-17-9-15(18,4)5/h6-7,12,17H,8-9H2,1-5H3. The molecule has 1 unspecified atom stereocenters. The Labute approximate surface area is 115 Å². The van der Waals surface area contributed by atoms with Crippen LogP contribution >= 0.6 is 11.6 Å². The van der Waals surface area contributed by atoms with Gasteiger partial charge in [0.15, 0.2) is 0 Å². The molecule has 0 aliphatic carbocycles. The van der Waals surface area contributed by atoms with E-state index in [1.54, 1.807) is 0 Å². The lowest BCUT2D eigenvalue weighted by Gasteiger charge is -2.49. The van der Waals surface area contributed by atoms with Crippen LogP contribution in [0.2, 0.25) is 5.02 Å². The first kappa shape index (κ1) is 13.7. The van der Waals surface area contributed by atoms with E-state index in [4.69, 9.17) is 11.6 Å². The van der Waals surface area contributed by atoms with Crippen molar-refractivity contribution in [2.45, 2.75) is 46.2 Å². The fourth-order valence-electron chi connectivity index (χ4n) is 3.10. The minimum Gasteiger partial charge on any atom is -0.360 e. The maximum absolute atomic E-state index is 6.50. The summed E-state index contributed by atoms with van der Waals surface area (Å²) in [4.78, 5) is 2.47. The molecule has 3 heteroatoms. The Hall–Kier alpha value is -0.730. The Morgan fingerprint density at radius 2 is 2.00 bits per heavy atom. The third-order valence-electron chi connectivity index (χ3n) is 3.73. The van der Waals surface area contributed by atoms with Gasteiger partial charge in [-0.1, -0.05) is 17.7 Å². The van der Waals surface area contributed by atoms with E-state index in [0.29, 0.717) is 6.04 Å². The highest BCUT2D eigenvalue weighted by Gasteiger charge is 2.35. The summed E-state index contributed by atoms with van der Waals surface area (Å²) < 4.78 is 0. The molecule has 0 radical (unpaired) electrons. The van der Waals surface area contributed by atoms with Crippen molar-refractivity contribution in [2.24, 2.45) is 0 Å². The zero-order chi connectivity index (χ0) is 13.5. The first-order valence-corrected chi connectivity index (χ1v) is 6.97. The van der Waals surface area contributed by atoms with Crippen LogP contribution in [0.25, 0.3) is 0 Å². The molecular weight excluding hydrogens is 244 g/mol. The third kappa shape index (κ3) is 2.36. The van der Waals surface area contributed by atoms with Crippen molar-refractivity contribution in [2.75, 3.05) is 18.0 Å². The first-order chi connectivity index (χ1) is 8.33. The lowest BCUT2D eigenvalue weighted by atomic mass is 9.94. The highest BCUT2D eigenvalue weighted by molar-refractivity contribution is 6.33. The van der Waals surface area contributed by atoms with Gasteiger partial charge in [0.25, 0.3) is 0 Å². The van der Waals surface area contributed by atoms with Gasteiger partial charge in [0.1, 0.15) is 0 Å². The highest BCUT2D eigenvalue weighted by Crippen LogP contribution is 2.37. The van der Waals surface area contributed by atoms with Crippen LogP contribution in [0.3, 0.4) is 0 Å².